The van der Waals surface area contributed by atoms with Crippen LogP contribution in [0, 0.1) is 13.8 Å². The number of aryl methyl sites for hydroxylation is 2. The van der Waals surface area contributed by atoms with Gasteiger partial charge in [-0.3, -0.25) is 4.98 Å². The molecule has 0 amide bonds. The number of hydrogen-bond acceptors (Lipinski definition) is 8. The number of rotatable bonds is 10. The van der Waals surface area contributed by atoms with Gasteiger partial charge in [0, 0.05) is 68.3 Å². The minimum atomic E-state index is 0.594. The number of hydrogen-bond donors (Lipinski definition) is 0. The van der Waals surface area contributed by atoms with Gasteiger partial charge < -0.3 is 0 Å². The zero-order chi connectivity index (χ0) is 45.8. The lowest BCUT2D eigenvalue weighted by atomic mass is 9.90. The maximum atomic E-state index is 5.30. The van der Waals surface area contributed by atoms with Crippen LogP contribution in [-0.4, -0.2) is 39.9 Å². The fraction of sp³-hybridized carbons (Fsp3) is 0.0333. The van der Waals surface area contributed by atoms with Gasteiger partial charge in [-0.05, 0) is 65.9 Å². The van der Waals surface area contributed by atoms with Crippen molar-refractivity contribution < 1.29 is 0 Å². The Bertz CT molecular complexity index is 3490. The van der Waals surface area contributed by atoms with Crippen molar-refractivity contribution in [2.24, 2.45) is 0 Å². The molecular formula is C60H42N8. The van der Waals surface area contributed by atoms with E-state index in [1.165, 1.54) is 0 Å². The SMILES string of the molecule is Cc1cc(C)nc(-c2c(-c3ccc(-c4nc(-c5ccccc5)nc(-c5ccccc5)n4)cc3)cccc2-c2cccc(-c3cc(-c4ccccc4)nc(-c4ccccc4-c4cccnc4)n3)c2)n1. The minimum absolute atomic E-state index is 0.594. The van der Waals surface area contributed by atoms with Crippen molar-refractivity contribution in [2.45, 2.75) is 13.8 Å². The van der Waals surface area contributed by atoms with Gasteiger partial charge in [0.05, 0.1) is 11.4 Å². The Hall–Kier alpha value is -9.14. The third kappa shape index (κ3) is 8.57. The van der Waals surface area contributed by atoms with E-state index in [2.05, 4.69) is 108 Å². The zero-order valence-electron chi connectivity index (χ0n) is 37.4. The van der Waals surface area contributed by atoms with Crippen LogP contribution in [0.1, 0.15) is 11.4 Å². The largest absolute Gasteiger partial charge is 0.264 e. The van der Waals surface area contributed by atoms with Crippen molar-refractivity contribution in [3.8, 4) is 113 Å². The lowest BCUT2D eigenvalue weighted by Crippen LogP contribution is -2.00. The maximum absolute atomic E-state index is 5.30. The van der Waals surface area contributed by atoms with Gasteiger partial charge in [0.25, 0.3) is 0 Å². The molecule has 0 N–H and O–H groups in total. The molecule has 4 heterocycles. The summed E-state index contributed by atoms with van der Waals surface area (Å²) in [5.41, 5.74) is 16.0. The molecular weight excluding hydrogens is 833 g/mol. The normalized spacial score (nSPS) is 11.1. The molecule has 4 aromatic heterocycles. The molecule has 0 bridgehead atoms. The molecule has 0 aliphatic carbocycles. The molecule has 322 valence electrons. The van der Waals surface area contributed by atoms with Crippen molar-refractivity contribution in [2.75, 3.05) is 0 Å². The van der Waals surface area contributed by atoms with Crippen LogP contribution in [0.15, 0.2) is 219 Å². The zero-order valence-corrected chi connectivity index (χ0v) is 37.4. The summed E-state index contributed by atoms with van der Waals surface area (Å²) in [6.45, 7) is 4.03. The summed E-state index contributed by atoms with van der Waals surface area (Å²) in [6.07, 6.45) is 3.66. The Morgan fingerprint density at radius 3 is 1.32 bits per heavy atom. The van der Waals surface area contributed by atoms with E-state index in [0.717, 1.165) is 95.1 Å². The van der Waals surface area contributed by atoms with Gasteiger partial charge in [-0.2, -0.15) is 0 Å². The minimum Gasteiger partial charge on any atom is -0.264 e. The van der Waals surface area contributed by atoms with Crippen LogP contribution in [-0.2, 0) is 0 Å². The molecule has 0 fully saturated rings. The molecule has 0 spiro atoms. The lowest BCUT2D eigenvalue weighted by Gasteiger charge is -2.17. The van der Waals surface area contributed by atoms with E-state index in [-0.39, 0.29) is 0 Å². The molecule has 11 rings (SSSR count). The molecule has 0 radical (unpaired) electrons. The van der Waals surface area contributed by atoms with Crippen molar-refractivity contribution in [3.05, 3.63) is 230 Å². The Kier molecular flexibility index (Phi) is 11.2. The summed E-state index contributed by atoms with van der Waals surface area (Å²) in [7, 11) is 0. The van der Waals surface area contributed by atoms with Gasteiger partial charge in [-0.15, -0.1) is 0 Å². The van der Waals surface area contributed by atoms with Crippen molar-refractivity contribution in [1.82, 2.24) is 39.9 Å². The Morgan fingerprint density at radius 1 is 0.265 bits per heavy atom. The first-order valence-corrected chi connectivity index (χ1v) is 22.5. The Balaban J connectivity index is 1.03. The summed E-state index contributed by atoms with van der Waals surface area (Å²) in [5, 5.41) is 0. The third-order valence-electron chi connectivity index (χ3n) is 11.8. The second-order valence-electron chi connectivity index (χ2n) is 16.5. The molecule has 0 unspecified atom stereocenters. The van der Waals surface area contributed by atoms with Crippen LogP contribution in [0.2, 0.25) is 0 Å². The topological polar surface area (TPSA) is 103 Å². The van der Waals surface area contributed by atoms with Crippen LogP contribution < -0.4 is 0 Å². The fourth-order valence-corrected chi connectivity index (χ4v) is 8.62. The van der Waals surface area contributed by atoms with E-state index in [1.807, 2.05) is 123 Å². The Morgan fingerprint density at radius 2 is 0.721 bits per heavy atom. The predicted molar refractivity (Wildman–Crippen MR) is 273 cm³/mol. The summed E-state index contributed by atoms with van der Waals surface area (Å²) in [5.74, 6) is 3.11. The van der Waals surface area contributed by atoms with E-state index >= 15 is 0 Å². The van der Waals surface area contributed by atoms with Gasteiger partial charge in [0.2, 0.25) is 0 Å². The number of benzene rings is 7. The average Bonchev–Trinajstić information content (AvgIpc) is 3.41. The number of nitrogens with zero attached hydrogens (tertiary/aromatic N) is 8. The smallest absolute Gasteiger partial charge is 0.164 e. The highest BCUT2D eigenvalue weighted by atomic mass is 15.0. The molecule has 7 aromatic carbocycles. The van der Waals surface area contributed by atoms with Gasteiger partial charge >= 0.3 is 0 Å². The highest BCUT2D eigenvalue weighted by Gasteiger charge is 2.20. The highest BCUT2D eigenvalue weighted by Crippen LogP contribution is 2.41. The first-order valence-electron chi connectivity index (χ1n) is 22.5. The van der Waals surface area contributed by atoms with Crippen molar-refractivity contribution >= 4 is 0 Å². The van der Waals surface area contributed by atoms with Crippen LogP contribution in [0.5, 0.6) is 0 Å². The highest BCUT2D eigenvalue weighted by molar-refractivity contribution is 5.94. The molecule has 0 aliphatic heterocycles. The molecule has 0 saturated carbocycles. The van der Waals surface area contributed by atoms with Crippen LogP contribution in [0.3, 0.4) is 0 Å². The van der Waals surface area contributed by atoms with Crippen LogP contribution in [0.25, 0.3) is 113 Å². The van der Waals surface area contributed by atoms with E-state index in [1.54, 1.807) is 6.20 Å². The first kappa shape index (κ1) is 41.6. The summed E-state index contributed by atoms with van der Waals surface area (Å²) in [6, 6.07) is 70.0. The number of pyridine rings is 1. The summed E-state index contributed by atoms with van der Waals surface area (Å²) < 4.78 is 0. The molecule has 11 aromatic rings. The molecule has 0 saturated heterocycles. The van der Waals surface area contributed by atoms with Crippen molar-refractivity contribution in [3.63, 3.8) is 0 Å². The standard InChI is InChI=1S/C60H42N8/c1-39-35-40(2)63-60(62-39)55-50(41-30-32-45(33-31-41)58-67-56(43-19-8-4-9-20-43)66-57(68-58)44-21-10-5-11-22-44)28-15-29-51(55)46-23-14-24-47(36-46)54-37-53(42-17-6-3-7-18-42)64-59(65-54)52-27-13-12-26-49(52)48-25-16-34-61-38-48/h3-38H,1-2H3. The van der Waals surface area contributed by atoms with Crippen LogP contribution in [0.4, 0.5) is 0 Å². The lowest BCUT2D eigenvalue weighted by molar-refractivity contribution is 1.06. The predicted octanol–water partition coefficient (Wildman–Crippen LogP) is 14.1. The quantitative estimate of drug-likeness (QED) is 0.134. The Labute approximate surface area is 394 Å². The van der Waals surface area contributed by atoms with Crippen LogP contribution >= 0.6 is 0 Å². The fourth-order valence-electron chi connectivity index (χ4n) is 8.62. The van der Waals surface area contributed by atoms with Gasteiger partial charge in [-0.1, -0.05) is 182 Å². The monoisotopic (exact) mass is 874 g/mol. The van der Waals surface area contributed by atoms with Gasteiger partial charge in [-0.25, -0.2) is 34.9 Å². The number of aromatic nitrogens is 8. The van der Waals surface area contributed by atoms with Gasteiger partial charge in [0.1, 0.15) is 0 Å². The maximum Gasteiger partial charge on any atom is 0.164 e. The summed E-state index contributed by atoms with van der Waals surface area (Å²) >= 11 is 0. The van der Waals surface area contributed by atoms with E-state index in [4.69, 9.17) is 34.9 Å². The molecule has 0 aliphatic rings. The van der Waals surface area contributed by atoms with E-state index in [0.29, 0.717) is 29.1 Å². The third-order valence-corrected chi connectivity index (χ3v) is 11.8. The first-order chi connectivity index (χ1) is 33.5. The average molecular weight is 875 g/mol. The van der Waals surface area contributed by atoms with Gasteiger partial charge in [0.15, 0.2) is 29.1 Å². The van der Waals surface area contributed by atoms with Crippen molar-refractivity contribution in [1.29, 1.82) is 0 Å². The molecule has 0 atom stereocenters. The summed E-state index contributed by atoms with van der Waals surface area (Å²) in [4.78, 5) is 39.9. The molecule has 68 heavy (non-hydrogen) atoms. The van der Waals surface area contributed by atoms with E-state index in [9.17, 15) is 0 Å². The molecule has 8 nitrogen and oxygen atoms in total. The second kappa shape index (κ2) is 18.4. The molecule has 8 heteroatoms. The second-order valence-corrected chi connectivity index (χ2v) is 16.5. The van der Waals surface area contributed by atoms with E-state index < -0.39 is 0 Å².